The van der Waals surface area contributed by atoms with E-state index in [1.54, 1.807) is 0 Å². The van der Waals surface area contributed by atoms with Gasteiger partial charge in [-0.2, -0.15) is 0 Å². The van der Waals surface area contributed by atoms with E-state index < -0.39 is 0 Å². The number of ether oxygens (including phenoxy) is 1. The lowest BCUT2D eigenvalue weighted by Gasteiger charge is -2.29. The van der Waals surface area contributed by atoms with Crippen molar-refractivity contribution in [1.82, 2.24) is 5.32 Å². The predicted molar refractivity (Wildman–Crippen MR) is 89.7 cm³/mol. The van der Waals surface area contributed by atoms with Gasteiger partial charge in [-0.05, 0) is 63.5 Å². The molecule has 0 heterocycles. The Labute approximate surface area is 130 Å². The van der Waals surface area contributed by atoms with Gasteiger partial charge in [-0.3, -0.25) is 0 Å². The number of rotatable bonds is 9. The normalized spacial score (nSPS) is 22.3. The predicted octanol–water partition coefficient (Wildman–Crippen LogP) is 4.34. The standard InChI is InChI=1S/C19H31NO/c1-2-15-20-18-11-13-19(14-12-18)21-16-7-6-10-17-8-4-3-5-9-17/h3-5,8-9,18-20H,2,6-7,10-16H2,1H3. The van der Waals surface area contributed by atoms with Crippen LogP contribution in [0.4, 0.5) is 0 Å². The zero-order chi connectivity index (χ0) is 14.8. The maximum Gasteiger partial charge on any atom is 0.0576 e. The number of hydrogen-bond donors (Lipinski definition) is 1. The van der Waals surface area contributed by atoms with E-state index >= 15 is 0 Å². The molecule has 0 bridgehead atoms. The average Bonchev–Trinajstić information content (AvgIpc) is 2.55. The molecule has 1 aliphatic carbocycles. The molecular weight excluding hydrogens is 258 g/mol. The maximum atomic E-state index is 6.05. The number of aryl methyl sites for hydroxylation is 1. The van der Waals surface area contributed by atoms with Crippen LogP contribution >= 0.6 is 0 Å². The van der Waals surface area contributed by atoms with Crippen LogP contribution in [0.2, 0.25) is 0 Å². The van der Waals surface area contributed by atoms with Crippen molar-refractivity contribution in [3.63, 3.8) is 0 Å². The first-order valence-electron chi connectivity index (χ1n) is 8.77. The summed E-state index contributed by atoms with van der Waals surface area (Å²) in [7, 11) is 0. The molecule has 0 aromatic heterocycles. The third-order valence-electron chi connectivity index (χ3n) is 4.41. The van der Waals surface area contributed by atoms with Gasteiger partial charge in [0.2, 0.25) is 0 Å². The summed E-state index contributed by atoms with van der Waals surface area (Å²) in [6.07, 6.45) is 10.4. The first kappa shape index (κ1) is 16.5. The summed E-state index contributed by atoms with van der Waals surface area (Å²) in [5.74, 6) is 0. The van der Waals surface area contributed by atoms with Gasteiger partial charge in [-0.25, -0.2) is 0 Å². The lowest BCUT2D eigenvalue weighted by Crippen LogP contribution is -2.35. The van der Waals surface area contributed by atoms with Crippen molar-refractivity contribution in [3.8, 4) is 0 Å². The molecule has 2 rings (SSSR count). The fourth-order valence-electron chi connectivity index (χ4n) is 3.11. The first-order valence-corrected chi connectivity index (χ1v) is 8.77. The van der Waals surface area contributed by atoms with E-state index in [0.717, 1.165) is 19.2 Å². The van der Waals surface area contributed by atoms with Crippen LogP contribution in [0.25, 0.3) is 0 Å². The molecule has 1 aromatic carbocycles. The van der Waals surface area contributed by atoms with Crippen LogP contribution in [0.5, 0.6) is 0 Å². The highest BCUT2D eigenvalue weighted by atomic mass is 16.5. The maximum absolute atomic E-state index is 6.05. The molecule has 0 aliphatic heterocycles. The van der Waals surface area contributed by atoms with Gasteiger partial charge in [0.05, 0.1) is 6.10 Å². The zero-order valence-corrected chi connectivity index (χ0v) is 13.5. The average molecular weight is 289 g/mol. The van der Waals surface area contributed by atoms with Gasteiger partial charge in [0.15, 0.2) is 0 Å². The van der Waals surface area contributed by atoms with Gasteiger partial charge in [0.25, 0.3) is 0 Å². The molecule has 1 saturated carbocycles. The molecule has 1 aromatic rings. The second-order valence-electron chi connectivity index (χ2n) is 6.24. The van der Waals surface area contributed by atoms with Gasteiger partial charge >= 0.3 is 0 Å². The van der Waals surface area contributed by atoms with E-state index in [1.165, 1.54) is 56.9 Å². The molecular formula is C19H31NO. The van der Waals surface area contributed by atoms with Gasteiger partial charge in [0.1, 0.15) is 0 Å². The van der Waals surface area contributed by atoms with Crippen molar-refractivity contribution >= 4 is 0 Å². The minimum atomic E-state index is 0.515. The fourth-order valence-corrected chi connectivity index (χ4v) is 3.11. The molecule has 1 fully saturated rings. The van der Waals surface area contributed by atoms with Crippen LogP contribution in [0.3, 0.4) is 0 Å². The van der Waals surface area contributed by atoms with Crippen LogP contribution in [0.1, 0.15) is 57.4 Å². The third kappa shape index (κ3) is 6.62. The van der Waals surface area contributed by atoms with Gasteiger partial charge in [-0.15, -0.1) is 0 Å². The molecule has 118 valence electrons. The summed E-state index contributed by atoms with van der Waals surface area (Å²) in [5, 5.41) is 3.63. The van der Waals surface area contributed by atoms with Crippen molar-refractivity contribution in [3.05, 3.63) is 35.9 Å². The Morgan fingerprint density at radius 3 is 2.52 bits per heavy atom. The third-order valence-corrected chi connectivity index (χ3v) is 4.41. The Kier molecular flexibility index (Phi) is 7.83. The molecule has 0 spiro atoms. The van der Waals surface area contributed by atoms with E-state index in [9.17, 15) is 0 Å². The quantitative estimate of drug-likeness (QED) is 0.683. The lowest BCUT2D eigenvalue weighted by molar-refractivity contribution is 0.0207. The molecule has 0 unspecified atom stereocenters. The lowest BCUT2D eigenvalue weighted by atomic mass is 9.93. The molecule has 0 amide bonds. The largest absolute Gasteiger partial charge is 0.378 e. The van der Waals surface area contributed by atoms with Crippen molar-refractivity contribution < 1.29 is 4.74 Å². The molecule has 1 N–H and O–H groups in total. The highest BCUT2D eigenvalue weighted by Crippen LogP contribution is 2.21. The van der Waals surface area contributed by atoms with Crippen molar-refractivity contribution in [1.29, 1.82) is 0 Å². The molecule has 0 atom stereocenters. The zero-order valence-electron chi connectivity index (χ0n) is 13.5. The number of unbranched alkanes of at least 4 members (excludes halogenated alkanes) is 1. The summed E-state index contributed by atoms with van der Waals surface area (Å²) in [4.78, 5) is 0. The minimum Gasteiger partial charge on any atom is -0.378 e. The SMILES string of the molecule is CCCNC1CCC(OCCCCc2ccccc2)CC1. The Balaban J connectivity index is 1.48. The summed E-state index contributed by atoms with van der Waals surface area (Å²) < 4.78 is 6.05. The second-order valence-corrected chi connectivity index (χ2v) is 6.24. The van der Waals surface area contributed by atoms with Crippen LogP contribution in [0, 0.1) is 0 Å². The monoisotopic (exact) mass is 289 g/mol. The Bertz CT molecular complexity index is 357. The second kappa shape index (κ2) is 9.97. The molecule has 0 saturated heterocycles. The fraction of sp³-hybridized carbons (Fsp3) is 0.684. The topological polar surface area (TPSA) is 21.3 Å². The van der Waals surface area contributed by atoms with E-state index in [0.29, 0.717) is 6.10 Å². The van der Waals surface area contributed by atoms with Crippen LogP contribution in [-0.2, 0) is 11.2 Å². The number of nitrogens with one attached hydrogen (secondary N) is 1. The van der Waals surface area contributed by atoms with Gasteiger partial charge < -0.3 is 10.1 Å². The molecule has 0 radical (unpaired) electrons. The van der Waals surface area contributed by atoms with Crippen molar-refractivity contribution in [2.45, 2.75) is 70.4 Å². The van der Waals surface area contributed by atoms with Crippen molar-refractivity contribution in [2.75, 3.05) is 13.2 Å². The first-order chi connectivity index (χ1) is 10.4. The van der Waals surface area contributed by atoms with Crippen LogP contribution < -0.4 is 5.32 Å². The number of hydrogen-bond acceptors (Lipinski definition) is 2. The van der Waals surface area contributed by atoms with E-state index in [4.69, 9.17) is 4.74 Å². The Hall–Kier alpha value is -0.860. The Morgan fingerprint density at radius 1 is 1.05 bits per heavy atom. The van der Waals surface area contributed by atoms with E-state index in [1.807, 2.05) is 0 Å². The summed E-state index contributed by atoms with van der Waals surface area (Å²) in [6.45, 7) is 4.33. The van der Waals surface area contributed by atoms with Crippen LogP contribution in [0.15, 0.2) is 30.3 Å². The summed E-state index contributed by atoms with van der Waals surface area (Å²) >= 11 is 0. The highest BCUT2D eigenvalue weighted by molar-refractivity contribution is 5.14. The van der Waals surface area contributed by atoms with Gasteiger partial charge in [-0.1, -0.05) is 37.3 Å². The smallest absolute Gasteiger partial charge is 0.0576 e. The van der Waals surface area contributed by atoms with Crippen molar-refractivity contribution in [2.24, 2.45) is 0 Å². The molecule has 21 heavy (non-hydrogen) atoms. The number of benzene rings is 1. The highest BCUT2D eigenvalue weighted by Gasteiger charge is 2.20. The van der Waals surface area contributed by atoms with Crippen LogP contribution in [-0.4, -0.2) is 25.3 Å². The van der Waals surface area contributed by atoms with Gasteiger partial charge in [0, 0.05) is 12.6 Å². The molecule has 1 aliphatic rings. The molecule has 2 nitrogen and oxygen atoms in total. The van der Waals surface area contributed by atoms with E-state index in [2.05, 4.69) is 42.6 Å². The molecule has 2 heteroatoms. The summed E-state index contributed by atoms with van der Waals surface area (Å²) in [5.41, 5.74) is 1.44. The minimum absolute atomic E-state index is 0.515. The Morgan fingerprint density at radius 2 is 1.81 bits per heavy atom. The van der Waals surface area contributed by atoms with E-state index in [-0.39, 0.29) is 0 Å². The summed E-state index contributed by atoms with van der Waals surface area (Å²) in [6, 6.07) is 11.5.